The van der Waals surface area contributed by atoms with Crippen LogP contribution >= 0.6 is 0 Å². The van der Waals surface area contributed by atoms with Gasteiger partial charge in [-0.25, -0.2) is 0 Å². The fourth-order valence-corrected chi connectivity index (χ4v) is 1.77. The van der Waals surface area contributed by atoms with E-state index in [9.17, 15) is 0 Å². The summed E-state index contributed by atoms with van der Waals surface area (Å²) < 4.78 is 2.05. The molecule has 0 fully saturated rings. The average Bonchev–Trinajstić information content (AvgIpc) is 2.65. The highest BCUT2D eigenvalue weighted by Gasteiger charge is 2.09. The molecule has 2 rings (SSSR count). The van der Waals surface area contributed by atoms with Crippen molar-refractivity contribution in [3.63, 3.8) is 0 Å². The van der Waals surface area contributed by atoms with E-state index in [4.69, 9.17) is 0 Å². The SMILES string of the molecule is Cc1ccc(C(C)n2nccc2C)cc1. The normalized spacial score (nSPS) is 12.7. The Morgan fingerprint density at radius 3 is 2.27 bits per heavy atom. The van der Waals surface area contributed by atoms with Crippen LogP contribution in [0.3, 0.4) is 0 Å². The fourth-order valence-electron chi connectivity index (χ4n) is 1.77. The van der Waals surface area contributed by atoms with Crippen molar-refractivity contribution in [1.29, 1.82) is 0 Å². The molecule has 1 aromatic heterocycles. The summed E-state index contributed by atoms with van der Waals surface area (Å²) in [4.78, 5) is 0. The van der Waals surface area contributed by atoms with Crippen molar-refractivity contribution >= 4 is 0 Å². The Kier molecular flexibility index (Phi) is 2.58. The van der Waals surface area contributed by atoms with E-state index in [2.05, 4.69) is 50.1 Å². The molecule has 78 valence electrons. The molecule has 1 aromatic carbocycles. The monoisotopic (exact) mass is 200 g/mol. The summed E-state index contributed by atoms with van der Waals surface area (Å²) in [5.41, 5.74) is 3.79. The van der Waals surface area contributed by atoms with Gasteiger partial charge in [-0.1, -0.05) is 29.8 Å². The Morgan fingerprint density at radius 1 is 1.07 bits per heavy atom. The summed E-state index contributed by atoms with van der Waals surface area (Å²) in [6.07, 6.45) is 1.85. The van der Waals surface area contributed by atoms with Gasteiger partial charge >= 0.3 is 0 Å². The second kappa shape index (κ2) is 3.89. The van der Waals surface area contributed by atoms with E-state index in [1.54, 1.807) is 0 Å². The lowest BCUT2D eigenvalue weighted by atomic mass is 10.1. The number of aromatic nitrogens is 2. The van der Waals surface area contributed by atoms with Gasteiger partial charge in [0.05, 0.1) is 6.04 Å². The van der Waals surface area contributed by atoms with Gasteiger partial charge in [0.15, 0.2) is 0 Å². The predicted molar refractivity (Wildman–Crippen MR) is 62.0 cm³/mol. The Balaban J connectivity index is 2.32. The molecule has 2 heteroatoms. The van der Waals surface area contributed by atoms with Crippen molar-refractivity contribution in [1.82, 2.24) is 9.78 Å². The van der Waals surface area contributed by atoms with E-state index in [1.165, 1.54) is 16.8 Å². The topological polar surface area (TPSA) is 17.8 Å². The van der Waals surface area contributed by atoms with Gasteiger partial charge in [-0.3, -0.25) is 4.68 Å². The van der Waals surface area contributed by atoms with Crippen LogP contribution in [0.2, 0.25) is 0 Å². The van der Waals surface area contributed by atoms with Crippen molar-refractivity contribution in [2.24, 2.45) is 0 Å². The fraction of sp³-hybridized carbons (Fsp3) is 0.308. The quantitative estimate of drug-likeness (QED) is 0.728. The maximum Gasteiger partial charge on any atom is 0.0743 e. The van der Waals surface area contributed by atoms with Crippen LogP contribution in [0.15, 0.2) is 36.5 Å². The molecule has 0 aliphatic carbocycles. The maximum absolute atomic E-state index is 4.33. The van der Waals surface area contributed by atoms with E-state index in [-0.39, 0.29) is 0 Å². The molecular weight excluding hydrogens is 184 g/mol. The van der Waals surface area contributed by atoms with Crippen LogP contribution in [0.1, 0.15) is 29.8 Å². The van der Waals surface area contributed by atoms with Crippen LogP contribution in [0.25, 0.3) is 0 Å². The predicted octanol–water partition coefficient (Wildman–Crippen LogP) is 3.11. The number of nitrogens with zero attached hydrogens (tertiary/aromatic N) is 2. The Bertz CT molecular complexity index is 440. The van der Waals surface area contributed by atoms with Crippen molar-refractivity contribution in [2.45, 2.75) is 26.8 Å². The Labute approximate surface area is 90.6 Å². The van der Waals surface area contributed by atoms with Gasteiger partial charge in [-0.05, 0) is 32.4 Å². The first-order valence-electron chi connectivity index (χ1n) is 5.25. The average molecular weight is 200 g/mol. The summed E-state index contributed by atoms with van der Waals surface area (Å²) in [7, 11) is 0. The summed E-state index contributed by atoms with van der Waals surface area (Å²) in [6.45, 7) is 6.36. The molecule has 2 nitrogen and oxygen atoms in total. The zero-order valence-corrected chi connectivity index (χ0v) is 9.44. The highest BCUT2D eigenvalue weighted by atomic mass is 15.3. The zero-order valence-electron chi connectivity index (χ0n) is 9.44. The minimum absolute atomic E-state index is 0.306. The summed E-state index contributed by atoms with van der Waals surface area (Å²) in [5, 5.41) is 4.33. The number of hydrogen-bond donors (Lipinski definition) is 0. The minimum Gasteiger partial charge on any atom is -0.263 e. The Morgan fingerprint density at radius 2 is 1.73 bits per heavy atom. The molecule has 1 atom stereocenters. The van der Waals surface area contributed by atoms with Crippen LogP contribution in [-0.2, 0) is 0 Å². The van der Waals surface area contributed by atoms with Gasteiger partial charge in [0.25, 0.3) is 0 Å². The molecule has 0 amide bonds. The Hall–Kier alpha value is -1.57. The number of rotatable bonds is 2. The lowest BCUT2D eigenvalue weighted by Crippen LogP contribution is -2.09. The highest BCUT2D eigenvalue weighted by molar-refractivity contribution is 5.24. The van der Waals surface area contributed by atoms with Crippen LogP contribution in [0.4, 0.5) is 0 Å². The lowest BCUT2D eigenvalue weighted by molar-refractivity contribution is 0.550. The largest absolute Gasteiger partial charge is 0.263 e. The molecule has 0 saturated carbocycles. The van der Waals surface area contributed by atoms with Crippen LogP contribution in [0.5, 0.6) is 0 Å². The maximum atomic E-state index is 4.33. The summed E-state index contributed by atoms with van der Waals surface area (Å²) in [6, 6.07) is 11.0. The van der Waals surface area contributed by atoms with Gasteiger partial charge in [0.1, 0.15) is 0 Å². The van der Waals surface area contributed by atoms with E-state index >= 15 is 0 Å². The van der Waals surface area contributed by atoms with Crippen molar-refractivity contribution in [3.8, 4) is 0 Å². The van der Waals surface area contributed by atoms with Crippen molar-refractivity contribution in [2.75, 3.05) is 0 Å². The first-order chi connectivity index (χ1) is 7.18. The van der Waals surface area contributed by atoms with Gasteiger partial charge < -0.3 is 0 Å². The number of aryl methyl sites for hydroxylation is 2. The molecule has 0 radical (unpaired) electrons. The molecule has 2 aromatic rings. The molecule has 0 aliphatic rings. The van der Waals surface area contributed by atoms with E-state index in [0.717, 1.165) is 0 Å². The standard InChI is InChI=1S/C13H16N2/c1-10-4-6-13(7-5-10)12(3)15-11(2)8-9-14-15/h4-9,12H,1-3H3. The molecule has 0 spiro atoms. The minimum atomic E-state index is 0.306. The molecule has 0 aliphatic heterocycles. The molecule has 0 N–H and O–H groups in total. The number of benzene rings is 1. The van der Waals surface area contributed by atoms with E-state index in [0.29, 0.717) is 6.04 Å². The van der Waals surface area contributed by atoms with Gasteiger partial charge in [0, 0.05) is 11.9 Å². The summed E-state index contributed by atoms with van der Waals surface area (Å²) >= 11 is 0. The molecule has 0 saturated heterocycles. The first kappa shape index (κ1) is 9.97. The molecule has 1 heterocycles. The second-order valence-electron chi connectivity index (χ2n) is 4.00. The third-order valence-corrected chi connectivity index (χ3v) is 2.79. The third-order valence-electron chi connectivity index (χ3n) is 2.79. The van der Waals surface area contributed by atoms with E-state index < -0.39 is 0 Å². The zero-order chi connectivity index (χ0) is 10.8. The first-order valence-corrected chi connectivity index (χ1v) is 5.25. The van der Waals surface area contributed by atoms with E-state index in [1.807, 2.05) is 16.9 Å². The van der Waals surface area contributed by atoms with Gasteiger partial charge in [-0.2, -0.15) is 5.10 Å². The van der Waals surface area contributed by atoms with Crippen LogP contribution in [-0.4, -0.2) is 9.78 Å². The molecule has 0 bridgehead atoms. The lowest BCUT2D eigenvalue weighted by Gasteiger charge is -2.14. The molecule has 15 heavy (non-hydrogen) atoms. The summed E-state index contributed by atoms with van der Waals surface area (Å²) in [5.74, 6) is 0. The van der Waals surface area contributed by atoms with Crippen LogP contribution in [0, 0.1) is 13.8 Å². The molecular formula is C13H16N2. The smallest absolute Gasteiger partial charge is 0.0743 e. The molecule has 1 unspecified atom stereocenters. The van der Waals surface area contributed by atoms with Gasteiger partial charge in [-0.15, -0.1) is 0 Å². The third kappa shape index (κ3) is 1.94. The van der Waals surface area contributed by atoms with Gasteiger partial charge in [0.2, 0.25) is 0 Å². The second-order valence-corrected chi connectivity index (χ2v) is 4.00. The van der Waals surface area contributed by atoms with Crippen molar-refractivity contribution in [3.05, 3.63) is 53.3 Å². The number of hydrogen-bond acceptors (Lipinski definition) is 1. The highest BCUT2D eigenvalue weighted by Crippen LogP contribution is 2.18. The van der Waals surface area contributed by atoms with Crippen molar-refractivity contribution < 1.29 is 0 Å². The van der Waals surface area contributed by atoms with Crippen LogP contribution < -0.4 is 0 Å².